The van der Waals surface area contributed by atoms with Crippen molar-refractivity contribution >= 4 is 11.8 Å². The molecule has 1 aromatic rings. The molecule has 0 spiro atoms. The van der Waals surface area contributed by atoms with Gasteiger partial charge >= 0.3 is 6.18 Å². The van der Waals surface area contributed by atoms with Crippen LogP contribution in [0.15, 0.2) is 24.3 Å². The number of halogens is 3. The second-order valence-electron chi connectivity index (χ2n) is 5.88. The van der Waals surface area contributed by atoms with E-state index in [0.717, 1.165) is 6.07 Å². The third-order valence-corrected chi connectivity index (χ3v) is 3.58. The first-order chi connectivity index (χ1) is 10.5. The van der Waals surface area contributed by atoms with Crippen LogP contribution in [0.4, 0.5) is 13.2 Å². The minimum atomic E-state index is -4.48. The summed E-state index contributed by atoms with van der Waals surface area (Å²) in [5.74, 6) is -2.02. The van der Waals surface area contributed by atoms with Gasteiger partial charge in [0, 0.05) is 6.42 Å². The minimum absolute atomic E-state index is 0.0512. The molecule has 3 N–H and O–H groups in total. The Bertz CT molecular complexity index is 571. The third-order valence-electron chi connectivity index (χ3n) is 3.58. The summed E-state index contributed by atoms with van der Waals surface area (Å²) in [6, 6.07) is 4.31. The van der Waals surface area contributed by atoms with Crippen molar-refractivity contribution in [3.8, 4) is 0 Å². The van der Waals surface area contributed by atoms with Crippen molar-refractivity contribution in [2.45, 2.75) is 45.3 Å². The van der Waals surface area contributed by atoms with Gasteiger partial charge in [-0.15, -0.1) is 0 Å². The second kappa shape index (κ2) is 7.48. The number of hydrogen-bond acceptors (Lipinski definition) is 2. The number of nitrogens with one attached hydrogen (secondary N) is 1. The van der Waals surface area contributed by atoms with Crippen molar-refractivity contribution in [1.29, 1.82) is 0 Å². The van der Waals surface area contributed by atoms with Crippen molar-refractivity contribution in [2.75, 3.05) is 0 Å². The minimum Gasteiger partial charge on any atom is -0.368 e. The van der Waals surface area contributed by atoms with Gasteiger partial charge in [0.15, 0.2) is 0 Å². The number of nitrogens with two attached hydrogens (primary N) is 1. The highest BCUT2D eigenvalue weighted by atomic mass is 19.4. The molecule has 4 nitrogen and oxygen atoms in total. The molecule has 0 bridgehead atoms. The molecule has 2 unspecified atom stereocenters. The zero-order valence-electron chi connectivity index (χ0n) is 13.3. The predicted octanol–water partition coefficient (Wildman–Crippen LogP) is 2.83. The maximum Gasteiger partial charge on any atom is 0.416 e. The second-order valence-corrected chi connectivity index (χ2v) is 5.88. The van der Waals surface area contributed by atoms with Crippen LogP contribution in [0.3, 0.4) is 0 Å². The molecule has 1 aromatic carbocycles. The number of carbonyl (C=O) groups is 2. The average molecular weight is 330 g/mol. The topological polar surface area (TPSA) is 72.2 Å². The van der Waals surface area contributed by atoms with Crippen LogP contribution in [-0.4, -0.2) is 17.9 Å². The summed E-state index contributed by atoms with van der Waals surface area (Å²) in [7, 11) is 0. The SMILES string of the molecule is CC(CC(=O)NC(C(N)=O)C(C)C)c1ccccc1C(F)(F)F. The number of alkyl halides is 3. The van der Waals surface area contributed by atoms with Gasteiger partial charge in [-0.2, -0.15) is 13.2 Å². The summed E-state index contributed by atoms with van der Waals surface area (Å²) in [5.41, 5.74) is 4.50. The molecular formula is C16H21F3N2O2. The molecule has 0 fully saturated rings. The summed E-state index contributed by atoms with van der Waals surface area (Å²) in [6.07, 6.45) is -4.64. The first-order valence-corrected chi connectivity index (χ1v) is 7.28. The van der Waals surface area contributed by atoms with E-state index in [1.54, 1.807) is 20.8 Å². The van der Waals surface area contributed by atoms with Crippen LogP contribution < -0.4 is 11.1 Å². The van der Waals surface area contributed by atoms with Crippen LogP contribution in [0.2, 0.25) is 0 Å². The number of primary amides is 1. The van der Waals surface area contributed by atoms with E-state index >= 15 is 0 Å². The molecule has 0 aromatic heterocycles. The molecule has 23 heavy (non-hydrogen) atoms. The molecule has 0 aliphatic heterocycles. The lowest BCUT2D eigenvalue weighted by Crippen LogP contribution is -2.47. The highest BCUT2D eigenvalue weighted by Gasteiger charge is 2.34. The highest BCUT2D eigenvalue weighted by Crippen LogP contribution is 2.35. The normalized spacial score (nSPS) is 14.4. The van der Waals surface area contributed by atoms with Crippen LogP contribution in [0.1, 0.15) is 44.2 Å². The standard InChI is InChI=1S/C16H21F3N2O2/c1-9(2)14(15(20)23)21-13(22)8-10(3)11-6-4-5-7-12(11)16(17,18)19/h4-7,9-10,14H,8H2,1-3H3,(H2,20,23)(H,21,22). The van der Waals surface area contributed by atoms with Gasteiger partial charge in [0.1, 0.15) is 6.04 Å². The fourth-order valence-corrected chi connectivity index (χ4v) is 2.37. The van der Waals surface area contributed by atoms with E-state index in [1.807, 2.05) is 0 Å². The molecule has 2 atom stereocenters. The van der Waals surface area contributed by atoms with Gasteiger partial charge < -0.3 is 11.1 Å². The van der Waals surface area contributed by atoms with Crippen LogP contribution in [0.5, 0.6) is 0 Å². The maximum absolute atomic E-state index is 13.0. The number of amides is 2. The lowest BCUT2D eigenvalue weighted by Gasteiger charge is -2.21. The monoisotopic (exact) mass is 330 g/mol. The van der Waals surface area contributed by atoms with E-state index in [2.05, 4.69) is 5.32 Å². The lowest BCUT2D eigenvalue weighted by atomic mass is 9.92. The molecule has 0 aliphatic carbocycles. The molecule has 0 heterocycles. The Hall–Kier alpha value is -2.05. The summed E-state index contributed by atoms with van der Waals surface area (Å²) < 4.78 is 39.0. The van der Waals surface area contributed by atoms with Gasteiger partial charge in [-0.25, -0.2) is 0 Å². The first kappa shape index (κ1) is 19.0. The predicted molar refractivity (Wildman–Crippen MR) is 80.4 cm³/mol. The van der Waals surface area contributed by atoms with Gasteiger partial charge in [0.2, 0.25) is 11.8 Å². The molecule has 1 rings (SSSR count). The molecule has 0 saturated carbocycles. The Balaban J connectivity index is 2.86. The molecule has 2 amide bonds. The zero-order valence-corrected chi connectivity index (χ0v) is 13.3. The number of benzene rings is 1. The molecule has 7 heteroatoms. The van der Waals surface area contributed by atoms with Crippen LogP contribution in [0, 0.1) is 5.92 Å². The van der Waals surface area contributed by atoms with Gasteiger partial charge in [-0.05, 0) is 23.5 Å². The summed E-state index contributed by atoms with van der Waals surface area (Å²) in [5, 5.41) is 2.48. The van der Waals surface area contributed by atoms with E-state index in [4.69, 9.17) is 5.73 Å². The number of rotatable bonds is 6. The Labute approximate surface area is 133 Å². The summed E-state index contributed by atoms with van der Waals surface area (Å²) in [4.78, 5) is 23.3. The van der Waals surface area contributed by atoms with Crippen LogP contribution in [0.25, 0.3) is 0 Å². The van der Waals surface area contributed by atoms with Crippen molar-refractivity contribution < 1.29 is 22.8 Å². The molecule has 128 valence electrons. The van der Waals surface area contributed by atoms with E-state index in [1.165, 1.54) is 18.2 Å². The smallest absolute Gasteiger partial charge is 0.368 e. The summed E-state index contributed by atoms with van der Waals surface area (Å²) >= 11 is 0. The zero-order chi connectivity index (χ0) is 17.8. The fraction of sp³-hybridized carbons (Fsp3) is 0.500. The van der Waals surface area contributed by atoms with E-state index in [0.29, 0.717) is 0 Å². The van der Waals surface area contributed by atoms with Gasteiger partial charge in [0.25, 0.3) is 0 Å². The van der Waals surface area contributed by atoms with Crippen LogP contribution in [-0.2, 0) is 15.8 Å². The molecule has 0 radical (unpaired) electrons. The fourth-order valence-electron chi connectivity index (χ4n) is 2.37. The van der Waals surface area contributed by atoms with Gasteiger partial charge in [0.05, 0.1) is 5.56 Å². The maximum atomic E-state index is 13.0. The van der Waals surface area contributed by atoms with Crippen molar-refractivity contribution in [3.05, 3.63) is 35.4 Å². The first-order valence-electron chi connectivity index (χ1n) is 7.28. The Morgan fingerprint density at radius 3 is 2.22 bits per heavy atom. The van der Waals surface area contributed by atoms with Crippen LogP contribution >= 0.6 is 0 Å². The Morgan fingerprint density at radius 2 is 1.74 bits per heavy atom. The van der Waals surface area contributed by atoms with E-state index in [-0.39, 0.29) is 17.9 Å². The van der Waals surface area contributed by atoms with Gasteiger partial charge in [-0.1, -0.05) is 39.0 Å². The van der Waals surface area contributed by atoms with Crippen molar-refractivity contribution in [1.82, 2.24) is 5.32 Å². The Morgan fingerprint density at radius 1 is 1.17 bits per heavy atom. The summed E-state index contributed by atoms with van der Waals surface area (Å²) in [6.45, 7) is 4.98. The van der Waals surface area contributed by atoms with Crippen molar-refractivity contribution in [3.63, 3.8) is 0 Å². The number of carbonyl (C=O) groups excluding carboxylic acids is 2. The van der Waals surface area contributed by atoms with Crippen molar-refractivity contribution in [2.24, 2.45) is 11.7 Å². The van der Waals surface area contributed by atoms with Gasteiger partial charge in [-0.3, -0.25) is 9.59 Å². The largest absolute Gasteiger partial charge is 0.416 e. The average Bonchev–Trinajstić information content (AvgIpc) is 2.43. The Kier molecular flexibility index (Phi) is 6.18. The third kappa shape index (κ3) is 5.26. The highest BCUT2D eigenvalue weighted by molar-refractivity contribution is 5.87. The molecular weight excluding hydrogens is 309 g/mol. The number of hydrogen-bond donors (Lipinski definition) is 2. The lowest BCUT2D eigenvalue weighted by molar-refractivity contribution is -0.138. The molecule has 0 aliphatic rings. The van der Waals surface area contributed by atoms with E-state index < -0.39 is 35.5 Å². The quantitative estimate of drug-likeness (QED) is 0.842. The molecule has 0 saturated heterocycles. The van der Waals surface area contributed by atoms with E-state index in [9.17, 15) is 22.8 Å².